The number of sulfone groups is 1. The smallest absolute Gasteiger partial charge is 0.257 e. The molecule has 36 heavy (non-hydrogen) atoms. The van der Waals surface area contributed by atoms with Crippen molar-refractivity contribution in [2.75, 3.05) is 24.4 Å². The summed E-state index contributed by atoms with van der Waals surface area (Å²) < 4.78 is 24.8. The van der Waals surface area contributed by atoms with Gasteiger partial charge in [0, 0.05) is 37.7 Å². The zero-order chi connectivity index (χ0) is 25.5. The minimum atomic E-state index is -3.58. The summed E-state index contributed by atoms with van der Waals surface area (Å²) in [5.74, 6) is -1.38. The van der Waals surface area contributed by atoms with Gasteiger partial charge in [-0.25, -0.2) is 13.4 Å². The summed E-state index contributed by atoms with van der Waals surface area (Å²) >= 11 is 0. The van der Waals surface area contributed by atoms with Crippen LogP contribution in [0.4, 0.5) is 5.82 Å². The maximum Gasteiger partial charge on any atom is 0.257 e. The molecule has 0 bridgehead atoms. The number of aryl methyl sites for hydroxylation is 1. The zero-order valence-electron chi connectivity index (χ0n) is 20.0. The highest BCUT2D eigenvalue weighted by Gasteiger charge is 2.45. The Hall–Kier alpha value is -3.86. The summed E-state index contributed by atoms with van der Waals surface area (Å²) in [5.41, 5.74) is 3.19. The summed E-state index contributed by atoms with van der Waals surface area (Å²) in [6.45, 7) is 0. The lowest BCUT2D eigenvalue weighted by Crippen LogP contribution is -2.52. The van der Waals surface area contributed by atoms with E-state index in [0.29, 0.717) is 17.9 Å². The maximum absolute atomic E-state index is 13.6. The van der Waals surface area contributed by atoms with Crippen molar-refractivity contribution in [1.82, 2.24) is 20.1 Å². The van der Waals surface area contributed by atoms with E-state index >= 15 is 0 Å². The van der Waals surface area contributed by atoms with Crippen molar-refractivity contribution in [3.8, 4) is 5.82 Å². The van der Waals surface area contributed by atoms with E-state index in [0.717, 1.165) is 36.6 Å². The molecule has 11 heteroatoms. The van der Waals surface area contributed by atoms with Crippen LogP contribution >= 0.6 is 0 Å². The Morgan fingerprint density at radius 3 is 2.81 bits per heavy atom. The van der Waals surface area contributed by atoms with Gasteiger partial charge in [0.1, 0.15) is 11.3 Å². The molecule has 10 nitrogen and oxygen atoms in total. The number of rotatable bonds is 5. The third-order valence-electron chi connectivity index (χ3n) is 6.51. The summed E-state index contributed by atoms with van der Waals surface area (Å²) in [6, 6.07) is 11.6. The first-order valence-corrected chi connectivity index (χ1v) is 13.6. The van der Waals surface area contributed by atoms with Gasteiger partial charge in [-0.3, -0.25) is 14.6 Å². The number of nitrogens with one attached hydrogen (secondary N) is 2. The van der Waals surface area contributed by atoms with Gasteiger partial charge in [-0.1, -0.05) is 24.3 Å². The molecule has 2 N–H and O–H groups in total. The molecular weight excluding hydrogens is 480 g/mol. The van der Waals surface area contributed by atoms with Gasteiger partial charge in [-0.05, 0) is 42.5 Å². The number of carbonyl (C=O) groups is 2. The number of benzene rings is 1. The number of aliphatic imine (C=N–C) groups is 1. The van der Waals surface area contributed by atoms with E-state index in [9.17, 15) is 18.0 Å². The molecular formula is C25H26N6O4S. The van der Waals surface area contributed by atoms with Gasteiger partial charge in [0.25, 0.3) is 5.91 Å². The Kier molecular flexibility index (Phi) is 5.95. The summed E-state index contributed by atoms with van der Waals surface area (Å²) in [6.07, 6.45) is 7.30. The van der Waals surface area contributed by atoms with E-state index in [-0.39, 0.29) is 17.3 Å². The Balaban J connectivity index is 1.61. The van der Waals surface area contributed by atoms with Crippen LogP contribution in [0.25, 0.3) is 5.82 Å². The number of hydrogen-bond acceptors (Lipinski definition) is 7. The standard InChI is InChI=1S/C25H26N6O4S/c1-26-13-16-9-10-20(27-14-16)31-23(28-21(32)15-36(2,34)35)22-19(30-31)12-25(29-24(22)33)11-5-7-17-6-3-4-8-18(17)25/h3-4,6,8-10,13-14H,5,7,11-12,15H2,1-2H3,(H,28,32)(H,29,33)/t25-/m0/s1. The number of anilines is 1. The predicted octanol–water partition coefficient (Wildman–Crippen LogP) is 1.82. The van der Waals surface area contributed by atoms with Crippen LogP contribution < -0.4 is 10.6 Å². The van der Waals surface area contributed by atoms with Crippen molar-refractivity contribution in [3.63, 3.8) is 0 Å². The van der Waals surface area contributed by atoms with E-state index in [4.69, 9.17) is 5.10 Å². The van der Waals surface area contributed by atoms with Crippen LogP contribution in [0, 0.1) is 0 Å². The molecule has 1 spiro atoms. The lowest BCUT2D eigenvalue weighted by molar-refractivity contribution is -0.113. The lowest BCUT2D eigenvalue weighted by atomic mass is 9.72. The Labute approximate surface area is 208 Å². The number of amides is 2. The van der Waals surface area contributed by atoms with Crippen LogP contribution in [-0.2, 0) is 33.0 Å². The largest absolute Gasteiger partial charge is 0.342 e. The number of aromatic nitrogens is 3. The van der Waals surface area contributed by atoms with Gasteiger partial charge in [-0.2, -0.15) is 9.78 Å². The molecule has 2 amide bonds. The molecule has 0 unspecified atom stereocenters. The van der Waals surface area contributed by atoms with Crippen molar-refractivity contribution in [1.29, 1.82) is 0 Å². The van der Waals surface area contributed by atoms with Crippen LogP contribution in [0.5, 0.6) is 0 Å². The Morgan fingerprint density at radius 2 is 2.08 bits per heavy atom. The number of hydrogen-bond donors (Lipinski definition) is 2. The molecule has 186 valence electrons. The second kappa shape index (κ2) is 8.98. The molecule has 1 aliphatic carbocycles. The van der Waals surface area contributed by atoms with Crippen LogP contribution in [0.15, 0.2) is 47.6 Å². The minimum Gasteiger partial charge on any atom is -0.342 e. The van der Waals surface area contributed by atoms with E-state index in [1.54, 1.807) is 31.6 Å². The summed E-state index contributed by atoms with van der Waals surface area (Å²) in [5, 5.41) is 10.5. The maximum atomic E-state index is 13.6. The van der Waals surface area contributed by atoms with Crippen LogP contribution in [-0.4, -0.2) is 60.3 Å². The molecule has 3 heterocycles. The predicted molar refractivity (Wildman–Crippen MR) is 135 cm³/mol. The fraction of sp³-hybridized carbons (Fsp3) is 0.320. The van der Waals surface area contributed by atoms with Crippen LogP contribution in [0.3, 0.4) is 0 Å². The van der Waals surface area contributed by atoms with Crippen molar-refractivity contribution < 1.29 is 18.0 Å². The average Bonchev–Trinajstić information content (AvgIpc) is 3.17. The monoisotopic (exact) mass is 506 g/mol. The highest BCUT2D eigenvalue weighted by Crippen LogP contribution is 2.42. The van der Waals surface area contributed by atoms with Gasteiger partial charge in [0.2, 0.25) is 5.91 Å². The van der Waals surface area contributed by atoms with Gasteiger partial charge in [0.05, 0.1) is 11.2 Å². The zero-order valence-corrected chi connectivity index (χ0v) is 20.8. The van der Waals surface area contributed by atoms with Crippen molar-refractivity contribution >= 4 is 33.7 Å². The fourth-order valence-corrected chi connectivity index (χ4v) is 5.65. The lowest BCUT2D eigenvalue weighted by Gasteiger charge is -2.42. The van der Waals surface area contributed by atoms with E-state index in [2.05, 4.69) is 26.7 Å². The van der Waals surface area contributed by atoms with E-state index in [1.165, 1.54) is 10.2 Å². The molecule has 1 aliphatic heterocycles. The first-order valence-electron chi connectivity index (χ1n) is 11.6. The second-order valence-corrected chi connectivity index (χ2v) is 11.4. The molecule has 2 aliphatic rings. The van der Waals surface area contributed by atoms with E-state index < -0.39 is 27.0 Å². The third kappa shape index (κ3) is 4.41. The Bertz CT molecular complexity index is 1490. The van der Waals surface area contributed by atoms with Gasteiger partial charge in [-0.15, -0.1) is 0 Å². The van der Waals surface area contributed by atoms with Gasteiger partial charge >= 0.3 is 0 Å². The topological polar surface area (TPSA) is 135 Å². The molecule has 1 aromatic carbocycles. The van der Waals surface area contributed by atoms with Gasteiger partial charge < -0.3 is 10.6 Å². The SMILES string of the molecule is CN=Cc1ccc(-n2nc3c(c2NC(=O)CS(C)(=O)=O)C(=O)N[C@@]2(CCCc4ccccc42)C3)nc1. The second-order valence-electron chi connectivity index (χ2n) is 9.26. The number of fused-ring (bicyclic) bond motifs is 3. The minimum absolute atomic E-state index is 0.0968. The van der Waals surface area contributed by atoms with Crippen LogP contribution in [0.2, 0.25) is 0 Å². The molecule has 5 rings (SSSR count). The van der Waals surface area contributed by atoms with Crippen molar-refractivity contribution in [2.24, 2.45) is 4.99 Å². The van der Waals surface area contributed by atoms with Gasteiger partial charge in [0.15, 0.2) is 21.5 Å². The molecule has 2 aromatic heterocycles. The first-order chi connectivity index (χ1) is 17.2. The number of pyridine rings is 1. The fourth-order valence-electron chi connectivity index (χ4n) is 5.11. The Morgan fingerprint density at radius 1 is 1.28 bits per heavy atom. The normalized spacial score (nSPS) is 19.1. The molecule has 0 fully saturated rings. The molecule has 0 saturated heterocycles. The quantitative estimate of drug-likeness (QED) is 0.507. The first kappa shape index (κ1) is 23.9. The van der Waals surface area contributed by atoms with E-state index in [1.807, 2.05) is 18.2 Å². The summed E-state index contributed by atoms with van der Waals surface area (Å²) in [4.78, 5) is 34.6. The molecule has 0 radical (unpaired) electrons. The highest BCUT2D eigenvalue weighted by atomic mass is 32.2. The molecule has 1 atom stereocenters. The molecule has 0 saturated carbocycles. The number of nitrogens with zero attached hydrogens (tertiary/aromatic N) is 4. The van der Waals surface area contributed by atoms with Crippen molar-refractivity contribution in [2.45, 2.75) is 31.2 Å². The molecule has 3 aromatic rings. The van der Waals surface area contributed by atoms with Crippen molar-refractivity contribution in [3.05, 3.63) is 70.5 Å². The average molecular weight is 507 g/mol. The van der Waals surface area contributed by atoms with Crippen LogP contribution in [0.1, 0.15) is 45.6 Å². The highest BCUT2D eigenvalue weighted by molar-refractivity contribution is 7.91. The summed E-state index contributed by atoms with van der Waals surface area (Å²) in [7, 11) is -1.92. The number of carbonyl (C=O) groups excluding carboxylic acids is 2. The third-order valence-corrected chi connectivity index (χ3v) is 7.29.